The minimum absolute atomic E-state index is 0.583. The summed E-state index contributed by atoms with van der Waals surface area (Å²) in [6.45, 7) is 2.74. The van der Waals surface area contributed by atoms with Gasteiger partial charge in [0.25, 0.3) is 5.89 Å². The molecule has 0 radical (unpaired) electrons. The van der Waals surface area contributed by atoms with Gasteiger partial charge in [-0.15, -0.1) is 0 Å². The van der Waals surface area contributed by atoms with Crippen LogP contribution in [0.25, 0.3) is 11.5 Å². The molecule has 0 spiro atoms. The maximum atomic E-state index is 5.28. The van der Waals surface area contributed by atoms with Crippen molar-refractivity contribution in [3.63, 3.8) is 0 Å². The molecule has 2 aromatic rings. The second kappa shape index (κ2) is 7.01. The number of rotatable bonds is 7. The van der Waals surface area contributed by atoms with Crippen molar-refractivity contribution in [2.24, 2.45) is 0 Å². The summed E-state index contributed by atoms with van der Waals surface area (Å²) >= 11 is 0. The Hall–Kier alpha value is -1.72. The van der Waals surface area contributed by atoms with Crippen molar-refractivity contribution in [3.8, 4) is 11.5 Å². The minimum Gasteiger partial charge on any atom is -0.334 e. The Morgan fingerprint density at radius 3 is 2.79 bits per heavy atom. The molecule has 0 aliphatic rings. The molecular weight excluding hydrogens is 240 g/mol. The van der Waals surface area contributed by atoms with Crippen molar-refractivity contribution in [3.05, 3.63) is 36.2 Å². The maximum absolute atomic E-state index is 5.28. The number of hydrogen-bond donors (Lipinski definition) is 1. The Morgan fingerprint density at radius 1 is 1.26 bits per heavy atom. The summed E-state index contributed by atoms with van der Waals surface area (Å²) in [5.74, 6) is 1.31. The molecule has 0 bridgehead atoms. The van der Waals surface area contributed by atoms with E-state index in [1.807, 2.05) is 37.4 Å². The second-order valence-corrected chi connectivity index (χ2v) is 4.58. The first-order valence-electron chi connectivity index (χ1n) is 6.50. The fraction of sp³-hybridized carbons (Fsp3) is 0.429. The van der Waals surface area contributed by atoms with Crippen LogP contribution in [0.15, 0.2) is 34.9 Å². The first-order valence-corrected chi connectivity index (χ1v) is 6.50. The zero-order valence-electron chi connectivity index (χ0n) is 11.5. The van der Waals surface area contributed by atoms with E-state index in [4.69, 9.17) is 4.52 Å². The van der Waals surface area contributed by atoms with Crippen LogP contribution in [0.1, 0.15) is 12.2 Å². The highest BCUT2D eigenvalue weighted by Gasteiger charge is 2.09. The summed E-state index contributed by atoms with van der Waals surface area (Å²) in [6.07, 6.45) is 1.11. The van der Waals surface area contributed by atoms with Gasteiger partial charge >= 0.3 is 0 Å². The smallest absolute Gasteiger partial charge is 0.257 e. The third kappa shape index (κ3) is 4.15. The standard InChI is InChI=1S/C14H20N4O/c1-15-9-6-10-18(2)11-13-16-14(19-17-13)12-7-4-3-5-8-12/h3-5,7-8,15H,6,9-11H2,1-2H3. The lowest BCUT2D eigenvalue weighted by Gasteiger charge is -2.13. The fourth-order valence-corrected chi connectivity index (χ4v) is 1.86. The zero-order chi connectivity index (χ0) is 13.5. The van der Waals surface area contributed by atoms with Crippen molar-refractivity contribution >= 4 is 0 Å². The third-order valence-electron chi connectivity index (χ3n) is 2.87. The molecule has 0 atom stereocenters. The van der Waals surface area contributed by atoms with Crippen molar-refractivity contribution < 1.29 is 4.52 Å². The van der Waals surface area contributed by atoms with E-state index < -0.39 is 0 Å². The Bertz CT molecular complexity index is 483. The molecule has 0 saturated heterocycles. The third-order valence-corrected chi connectivity index (χ3v) is 2.87. The quantitative estimate of drug-likeness (QED) is 0.769. The van der Waals surface area contributed by atoms with Crippen LogP contribution in [0.5, 0.6) is 0 Å². The van der Waals surface area contributed by atoms with Crippen LogP contribution in [-0.4, -0.2) is 42.2 Å². The van der Waals surface area contributed by atoms with Gasteiger partial charge in [0.05, 0.1) is 6.54 Å². The molecule has 0 aliphatic carbocycles. The Morgan fingerprint density at radius 2 is 2.05 bits per heavy atom. The molecule has 5 heteroatoms. The fourth-order valence-electron chi connectivity index (χ4n) is 1.86. The number of aromatic nitrogens is 2. The molecule has 0 saturated carbocycles. The van der Waals surface area contributed by atoms with E-state index in [-0.39, 0.29) is 0 Å². The van der Waals surface area contributed by atoms with E-state index in [0.29, 0.717) is 12.4 Å². The lowest BCUT2D eigenvalue weighted by molar-refractivity contribution is 0.305. The van der Waals surface area contributed by atoms with E-state index in [9.17, 15) is 0 Å². The lowest BCUT2D eigenvalue weighted by Crippen LogP contribution is -2.22. The highest BCUT2D eigenvalue weighted by molar-refractivity contribution is 5.51. The molecule has 19 heavy (non-hydrogen) atoms. The molecule has 0 aliphatic heterocycles. The van der Waals surface area contributed by atoms with Gasteiger partial charge in [0, 0.05) is 5.56 Å². The van der Waals surface area contributed by atoms with Crippen LogP contribution in [-0.2, 0) is 6.54 Å². The van der Waals surface area contributed by atoms with E-state index in [1.165, 1.54) is 0 Å². The maximum Gasteiger partial charge on any atom is 0.257 e. The largest absolute Gasteiger partial charge is 0.334 e. The highest BCUT2D eigenvalue weighted by Crippen LogP contribution is 2.16. The van der Waals surface area contributed by atoms with Gasteiger partial charge in [-0.1, -0.05) is 23.4 Å². The van der Waals surface area contributed by atoms with E-state index >= 15 is 0 Å². The Labute approximate surface area is 113 Å². The molecule has 1 N–H and O–H groups in total. The van der Waals surface area contributed by atoms with Crippen LogP contribution < -0.4 is 5.32 Å². The number of nitrogens with zero attached hydrogens (tertiary/aromatic N) is 3. The van der Waals surface area contributed by atoms with Gasteiger partial charge < -0.3 is 9.84 Å². The molecular formula is C14H20N4O. The van der Waals surface area contributed by atoms with Crippen LogP contribution in [0.3, 0.4) is 0 Å². The first kappa shape index (κ1) is 13.7. The summed E-state index contributed by atoms with van der Waals surface area (Å²) in [6, 6.07) is 9.82. The van der Waals surface area contributed by atoms with Crippen LogP contribution >= 0.6 is 0 Å². The van der Waals surface area contributed by atoms with Crippen LogP contribution in [0.4, 0.5) is 0 Å². The van der Waals surface area contributed by atoms with E-state index in [2.05, 4.69) is 27.4 Å². The van der Waals surface area contributed by atoms with Crippen molar-refractivity contribution in [2.45, 2.75) is 13.0 Å². The highest BCUT2D eigenvalue weighted by atomic mass is 16.5. The Balaban J connectivity index is 1.91. The Kier molecular flexibility index (Phi) is 5.06. The van der Waals surface area contributed by atoms with E-state index in [1.54, 1.807) is 0 Å². The first-order chi connectivity index (χ1) is 9.29. The molecule has 0 fully saturated rings. The van der Waals surface area contributed by atoms with Gasteiger partial charge in [-0.2, -0.15) is 4.98 Å². The number of benzene rings is 1. The summed E-state index contributed by atoms with van der Waals surface area (Å²) < 4.78 is 5.28. The van der Waals surface area contributed by atoms with E-state index in [0.717, 1.165) is 30.9 Å². The minimum atomic E-state index is 0.583. The normalized spacial score (nSPS) is 11.1. The van der Waals surface area contributed by atoms with Gasteiger partial charge in [-0.3, -0.25) is 4.90 Å². The summed E-state index contributed by atoms with van der Waals surface area (Å²) in [7, 11) is 4.03. The summed E-state index contributed by atoms with van der Waals surface area (Å²) in [5.41, 5.74) is 0.957. The van der Waals surface area contributed by atoms with Crippen LogP contribution in [0, 0.1) is 0 Å². The van der Waals surface area contributed by atoms with Crippen molar-refractivity contribution in [1.82, 2.24) is 20.4 Å². The predicted molar refractivity (Wildman–Crippen MR) is 74.6 cm³/mol. The second-order valence-electron chi connectivity index (χ2n) is 4.58. The van der Waals surface area contributed by atoms with Gasteiger partial charge in [0.15, 0.2) is 5.82 Å². The van der Waals surface area contributed by atoms with Crippen LogP contribution in [0.2, 0.25) is 0 Å². The molecule has 0 unspecified atom stereocenters. The van der Waals surface area contributed by atoms with Gasteiger partial charge in [0.2, 0.25) is 0 Å². The average molecular weight is 260 g/mol. The average Bonchev–Trinajstić information content (AvgIpc) is 2.88. The lowest BCUT2D eigenvalue weighted by atomic mass is 10.2. The van der Waals surface area contributed by atoms with Crippen molar-refractivity contribution in [2.75, 3.05) is 27.2 Å². The van der Waals surface area contributed by atoms with Gasteiger partial charge in [-0.25, -0.2) is 0 Å². The van der Waals surface area contributed by atoms with Gasteiger partial charge in [-0.05, 0) is 45.7 Å². The van der Waals surface area contributed by atoms with Gasteiger partial charge in [0.1, 0.15) is 0 Å². The zero-order valence-corrected chi connectivity index (χ0v) is 11.5. The molecule has 1 aromatic heterocycles. The van der Waals surface area contributed by atoms with Crippen molar-refractivity contribution in [1.29, 1.82) is 0 Å². The molecule has 2 rings (SSSR count). The summed E-state index contributed by atoms with van der Waals surface area (Å²) in [4.78, 5) is 6.61. The molecule has 0 amide bonds. The molecule has 1 aromatic carbocycles. The number of nitrogens with one attached hydrogen (secondary N) is 1. The SMILES string of the molecule is CNCCCN(C)Cc1noc(-c2ccccc2)n1. The molecule has 1 heterocycles. The summed E-state index contributed by atoms with van der Waals surface area (Å²) in [5, 5.41) is 7.15. The predicted octanol–water partition coefficient (Wildman–Crippen LogP) is 1.78. The monoisotopic (exact) mass is 260 g/mol. The topological polar surface area (TPSA) is 54.2 Å². The number of hydrogen-bond acceptors (Lipinski definition) is 5. The molecule has 5 nitrogen and oxygen atoms in total. The molecule has 102 valence electrons.